The third-order valence-corrected chi connectivity index (χ3v) is 8.75. The van der Waals surface area contributed by atoms with Crippen LogP contribution in [0.3, 0.4) is 0 Å². The lowest BCUT2D eigenvalue weighted by Gasteiger charge is -2.30. The van der Waals surface area contributed by atoms with Crippen molar-refractivity contribution in [1.29, 1.82) is 0 Å². The van der Waals surface area contributed by atoms with Crippen molar-refractivity contribution in [1.82, 2.24) is 26.2 Å². The van der Waals surface area contributed by atoms with Crippen LogP contribution in [-0.2, 0) is 28.8 Å². The Morgan fingerprint density at radius 1 is 0.745 bits per heavy atom. The van der Waals surface area contributed by atoms with E-state index in [1.807, 2.05) is 13.8 Å². The maximum absolute atomic E-state index is 14.1. The van der Waals surface area contributed by atoms with Crippen molar-refractivity contribution in [3.8, 4) is 5.75 Å². The minimum absolute atomic E-state index is 0.0716. The zero-order valence-electron chi connectivity index (χ0n) is 32.6. The highest BCUT2D eigenvalue weighted by Crippen LogP contribution is 2.18. The van der Waals surface area contributed by atoms with Gasteiger partial charge in [0.25, 0.3) is 0 Å². The molecule has 0 bridgehead atoms. The van der Waals surface area contributed by atoms with Crippen molar-refractivity contribution in [3.63, 3.8) is 0 Å². The summed E-state index contributed by atoms with van der Waals surface area (Å²) in [6.07, 6.45) is -1.16. The van der Waals surface area contributed by atoms with Crippen LogP contribution < -0.4 is 26.0 Å². The standard InChI is InChI=1S/C39H51N7O9/c1-22(2)20-30(42-38(53)34(24(5)55-26-14-10-9-11-15-26)43-37(52)33(23(3)4)40-25(6)47)36(51)41-29(18-19-32(49)45(7)8)31(48)21-46-39(54)28-17-13-12-16-27(28)35(50)44-46/h9-17,22-24,29-30,33-34H,18-21H2,1-8H3,(H3-,40,41,42,43,47,51,52,53)/p+1. The van der Waals surface area contributed by atoms with Gasteiger partial charge in [0.1, 0.15) is 35.5 Å². The molecule has 16 nitrogen and oxygen atoms in total. The van der Waals surface area contributed by atoms with E-state index in [1.54, 1.807) is 63.2 Å². The molecule has 1 aliphatic heterocycles. The summed E-state index contributed by atoms with van der Waals surface area (Å²) in [5, 5.41) is 14.4. The fraction of sp³-hybridized carbons (Fsp3) is 0.487. The van der Waals surface area contributed by atoms with E-state index in [-0.39, 0.29) is 48.1 Å². The SMILES string of the molecule is CC(=O)NC(C(=O)NC(C(=O)NC(CC(C)C)C(=O)NC(CCC(=O)N(C)C)C(=O)C[N+]1=NC(=O)c2ccccc2C1=O)C(C)Oc1ccccc1)C(C)C. The fourth-order valence-electron chi connectivity index (χ4n) is 5.79. The van der Waals surface area contributed by atoms with Crippen LogP contribution in [0.15, 0.2) is 59.7 Å². The third kappa shape index (κ3) is 12.6. The second-order valence-corrected chi connectivity index (χ2v) is 14.4. The molecule has 2 aromatic rings. The van der Waals surface area contributed by atoms with E-state index in [1.165, 1.54) is 38.1 Å². The molecule has 0 spiro atoms. The summed E-state index contributed by atoms with van der Waals surface area (Å²) in [6.45, 7) is 9.29. The minimum atomic E-state index is -1.35. The molecule has 5 unspecified atom stereocenters. The van der Waals surface area contributed by atoms with Crippen LogP contribution in [0.4, 0.5) is 0 Å². The number of para-hydroxylation sites is 1. The van der Waals surface area contributed by atoms with Crippen molar-refractivity contribution in [3.05, 3.63) is 65.7 Å². The molecule has 0 aliphatic carbocycles. The molecule has 296 valence electrons. The smallest absolute Gasteiger partial charge is 0.445 e. The van der Waals surface area contributed by atoms with Gasteiger partial charge >= 0.3 is 11.8 Å². The third-order valence-electron chi connectivity index (χ3n) is 8.75. The van der Waals surface area contributed by atoms with E-state index in [9.17, 15) is 38.4 Å². The second-order valence-electron chi connectivity index (χ2n) is 14.4. The number of benzene rings is 2. The van der Waals surface area contributed by atoms with Crippen molar-refractivity contribution in [2.45, 2.75) is 91.1 Å². The number of hydrogen-bond acceptors (Lipinski definition) is 9. The summed E-state index contributed by atoms with van der Waals surface area (Å²) in [5.41, 5.74) is 0.167. The van der Waals surface area contributed by atoms with Gasteiger partial charge < -0.3 is 30.9 Å². The maximum Gasteiger partial charge on any atom is 0.445 e. The van der Waals surface area contributed by atoms with Crippen LogP contribution >= 0.6 is 0 Å². The van der Waals surface area contributed by atoms with Gasteiger partial charge in [-0.25, -0.2) is 4.79 Å². The van der Waals surface area contributed by atoms with Crippen LogP contribution in [0.2, 0.25) is 0 Å². The van der Waals surface area contributed by atoms with E-state index in [0.717, 1.165) is 4.70 Å². The number of fused-ring (bicyclic) bond motifs is 1. The number of carbonyl (C=O) groups is 8. The van der Waals surface area contributed by atoms with Crippen LogP contribution in [0.25, 0.3) is 0 Å². The number of ketones is 1. The molecule has 16 heteroatoms. The largest absolute Gasteiger partial charge is 0.488 e. The van der Waals surface area contributed by atoms with Gasteiger partial charge in [-0.05, 0) is 60.6 Å². The van der Waals surface area contributed by atoms with Crippen LogP contribution in [0.1, 0.15) is 81.5 Å². The zero-order chi connectivity index (χ0) is 41.0. The van der Waals surface area contributed by atoms with Gasteiger partial charge in [-0.1, -0.05) is 58.0 Å². The lowest BCUT2D eigenvalue weighted by molar-refractivity contribution is -0.483. The Hall–Kier alpha value is -5.80. The highest BCUT2D eigenvalue weighted by molar-refractivity contribution is 6.07. The number of amides is 7. The number of nitrogens with zero attached hydrogens (tertiary/aromatic N) is 3. The molecule has 0 saturated heterocycles. The van der Waals surface area contributed by atoms with Crippen LogP contribution in [0, 0.1) is 11.8 Å². The summed E-state index contributed by atoms with van der Waals surface area (Å²) < 4.78 is 6.75. The molecule has 0 radical (unpaired) electrons. The summed E-state index contributed by atoms with van der Waals surface area (Å²) in [4.78, 5) is 107. The predicted molar refractivity (Wildman–Crippen MR) is 200 cm³/mol. The second kappa shape index (κ2) is 20.0. The summed E-state index contributed by atoms with van der Waals surface area (Å²) in [6, 6.07) is 9.77. The Bertz CT molecular complexity index is 1790. The molecule has 3 rings (SSSR count). The highest BCUT2D eigenvalue weighted by atomic mass is 16.5. The first-order valence-corrected chi connectivity index (χ1v) is 18.2. The molecule has 4 N–H and O–H groups in total. The summed E-state index contributed by atoms with van der Waals surface area (Å²) in [5.74, 6) is -5.12. The molecule has 7 amide bonds. The first-order valence-electron chi connectivity index (χ1n) is 18.2. The van der Waals surface area contributed by atoms with Crippen molar-refractivity contribution in [2.75, 3.05) is 20.6 Å². The molecule has 0 saturated carbocycles. The topological polar surface area (TPSA) is 213 Å². The predicted octanol–water partition coefficient (Wildman–Crippen LogP) is 2.01. The van der Waals surface area contributed by atoms with Gasteiger partial charge in [-0.15, -0.1) is 0 Å². The van der Waals surface area contributed by atoms with E-state index >= 15 is 0 Å². The number of azo groups is 2. The number of Topliss-reactive ketones (excluding diaryl/α,β-unsaturated/α-hetero) is 1. The summed E-state index contributed by atoms with van der Waals surface area (Å²) in [7, 11) is 3.08. The Labute approximate surface area is 320 Å². The zero-order valence-corrected chi connectivity index (χ0v) is 32.6. The lowest BCUT2D eigenvalue weighted by Crippen LogP contribution is -2.61. The molecule has 0 fully saturated rings. The highest BCUT2D eigenvalue weighted by Gasteiger charge is 2.39. The van der Waals surface area contributed by atoms with Gasteiger partial charge in [0, 0.05) is 32.6 Å². The molecule has 0 aromatic heterocycles. The summed E-state index contributed by atoms with van der Waals surface area (Å²) >= 11 is 0. The molecule has 2 aromatic carbocycles. The number of ether oxygens (including phenoxy) is 1. The Morgan fingerprint density at radius 2 is 1.33 bits per heavy atom. The Balaban J connectivity index is 1.90. The molecular formula is C39H52N7O9+. The molecule has 55 heavy (non-hydrogen) atoms. The average Bonchev–Trinajstić information content (AvgIpc) is 3.12. The molecule has 1 aliphatic rings. The lowest BCUT2D eigenvalue weighted by atomic mass is 9.99. The quantitative estimate of drug-likeness (QED) is 0.154. The van der Waals surface area contributed by atoms with Gasteiger partial charge in [-0.2, -0.15) is 0 Å². The average molecular weight is 763 g/mol. The first kappa shape index (κ1) is 43.6. The minimum Gasteiger partial charge on any atom is -0.488 e. The van der Waals surface area contributed by atoms with E-state index in [4.69, 9.17) is 4.74 Å². The van der Waals surface area contributed by atoms with E-state index < -0.39 is 78.0 Å². The molecular weight excluding hydrogens is 710 g/mol. The maximum atomic E-state index is 14.1. The Morgan fingerprint density at radius 3 is 1.91 bits per heavy atom. The number of hydrogen-bond donors (Lipinski definition) is 4. The molecule has 1 heterocycles. The first-order chi connectivity index (χ1) is 25.9. The van der Waals surface area contributed by atoms with Gasteiger partial charge in [0.05, 0.1) is 11.6 Å². The normalized spacial score (nSPS) is 15.1. The fourth-order valence-corrected chi connectivity index (χ4v) is 5.79. The van der Waals surface area contributed by atoms with Crippen LogP contribution in [0.5, 0.6) is 5.75 Å². The van der Waals surface area contributed by atoms with Crippen molar-refractivity contribution < 1.29 is 47.8 Å². The van der Waals surface area contributed by atoms with Gasteiger partial charge in [0.2, 0.25) is 41.9 Å². The number of nitrogens with one attached hydrogen (secondary N) is 4. The van der Waals surface area contributed by atoms with Crippen molar-refractivity contribution >= 4 is 47.1 Å². The van der Waals surface area contributed by atoms with Crippen molar-refractivity contribution in [2.24, 2.45) is 17.0 Å². The molecule has 5 atom stereocenters. The Kier molecular flexibility index (Phi) is 15.9. The monoisotopic (exact) mass is 762 g/mol. The number of carbonyl (C=O) groups excluding carboxylic acids is 8. The van der Waals surface area contributed by atoms with E-state index in [2.05, 4.69) is 26.4 Å². The van der Waals surface area contributed by atoms with E-state index in [0.29, 0.717) is 5.75 Å². The van der Waals surface area contributed by atoms with Gasteiger partial charge in [0.15, 0.2) is 0 Å². The number of rotatable bonds is 19. The van der Waals surface area contributed by atoms with Crippen LogP contribution in [-0.4, -0.2) is 108 Å². The van der Waals surface area contributed by atoms with Gasteiger partial charge in [-0.3, -0.25) is 33.6 Å².